The highest BCUT2D eigenvalue weighted by molar-refractivity contribution is 7.98. The predicted molar refractivity (Wildman–Crippen MR) is 150 cm³/mol. The fourth-order valence-corrected chi connectivity index (χ4v) is 4.92. The third kappa shape index (κ3) is 7.38. The quantitative estimate of drug-likeness (QED) is 0.147. The van der Waals surface area contributed by atoms with Crippen LogP contribution in [-0.4, -0.2) is 45.9 Å². The minimum absolute atomic E-state index is 0.154. The monoisotopic (exact) mass is 559 g/mol. The maximum absolute atomic E-state index is 13.1. The van der Waals surface area contributed by atoms with E-state index < -0.39 is 18.3 Å². The lowest BCUT2D eigenvalue weighted by Crippen LogP contribution is -2.30. The summed E-state index contributed by atoms with van der Waals surface area (Å²) in [6, 6.07) is 6.40. The summed E-state index contributed by atoms with van der Waals surface area (Å²) in [6.07, 6.45) is 4.68. The van der Waals surface area contributed by atoms with Gasteiger partial charge in [-0.2, -0.15) is 0 Å². The number of amides is 1. The van der Waals surface area contributed by atoms with Gasteiger partial charge in [0.25, 0.3) is 0 Å². The van der Waals surface area contributed by atoms with Gasteiger partial charge in [0.1, 0.15) is 0 Å². The van der Waals surface area contributed by atoms with Gasteiger partial charge in [0.05, 0.1) is 38.4 Å². The first-order valence-corrected chi connectivity index (χ1v) is 14.4. The summed E-state index contributed by atoms with van der Waals surface area (Å²) in [5.74, 6) is 0.734. The Morgan fingerprint density at radius 2 is 1.69 bits per heavy atom. The molecule has 0 aliphatic heterocycles. The molecular formula is C29H37NO8S. The molecule has 0 heterocycles. The molecule has 1 unspecified atom stereocenters. The number of carbonyl (C=O) groups is 2. The standard InChI is InChI=1S/C29H37NO8S/c1-6-8-14-36-28(32)30-21-12-10-18-16-23(38-29(33)37-15-9-7-2)26(34-3)27(35-4)25(18)19-11-13-24(39-5)22(31)17-20(19)21/h11,13,16-17,21H,6-10,12,14-15H2,1-5H3,(H,30,32). The van der Waals surface area contributed by atoms with Crippen LogP contribution >= 0.6 is 11.8 Å². The van der Waals surface area contributed by atoms with Crippen LogP contribution in [0.5, 0.6) is 17.2 Å². The van der Waals surface area contributed by atoms with Crippen molar-refractivity contribution in [1.29, 1.82) is 0 Å². The molecule has 39 heavy (non-hydrogen) atoms. The Kier molecular flexibility index (Phi) is 11.3. The molecule has 0 saturated carbocycles. The highest BCUT2D eigenvalue weighted by Gasteiger charge is 2.31. The van der Waals surface area contributed by atoms with Crippen molar-refractivity contribution >= 4 is 24.0 Å². The molecule has 1 amide bonds. The fraction of sp³-hybridized carbons (Fsp3) is 0.483. The summed E-state index contributed by atoms with van der Waals surface area (Å²) in [7, 11) is 2.96. The lowest BCUT2D eigenvalue weighted by atomic mass is 9.95. The first-order chi connectivity index (χ1) is 18.9. The number of thioether (sulfide) groups is 1. The maximum Gasteiger partial charge on any atom is 0.513 e. The van der Waals surface area contributed by atoms with Crippen LogP contribution in [0.1, 0.15) is 63.1 Å². The van der Waals surface area contributed by atoms with Gasteiger partial charge in [-0.3, -0.25) is 4.79 Å². The second-order valence-electron chi connectivity index (χ2n) is 9.03. The van der Waals surface area contributed by atoms with Crippen LogP contribution in [0.25, 0.3) is 11.1 Å². The van der Waals surface area contributed by atoms with Gasteiger partial charge in [-0.15, -0.1) is 11.8 Å². The minimum atomic E-state index is -0.834. The Morgan fingerprint density at radius 3 is 2.33 bits per heavy atom. The Bertz CT molecular complexity index is 1230. The van der Waals surface area contributed by atoms with Crippen molar-refractivity contribution in [2.75, 3.05) is 33.7 Å². The number of carbonyl (C=O) groups excluding carboxylic acids is 2. The number of alkyl carbamates (subject to hydrolysis) is 1. The first-order valence-electron chi connectivity index (χ1n) is 13.2. The molecule has 9 nitrogen and oxygen atoms in total. The Hall–Kier alpha value is -3.40. The van der Waals surface area contributed by atoms with Gasteiger partial charge in [0.2, 0.25) is 5.75 Å². The van der Waals surface area contributed by atoms with E-state index in [0.717, 1.165) is 31.2 Å². The molecule has 1 N–H and O–H groups in total. The molecule has 0 fully saturated rings. The Morgan fingerprint density at radius 1 is 1.00 bits per heavy atom. The summed E-state index contributed by atoms with van der Waals surface area (Å²) in [6.45, 7) is 4.58. The summed E-state index contributed by atoms with van der Waals surface area (Å²) < 4.78 is 27.5. The number of methoxy groups -OCH3 is 2. The number of benzene rings is 1. The van der Waals surface area contributed by atoms with Crippen LogP contribution in [0.3, 0.4) is 0 Å². The van der Waals surface area contributed by atoms with Crippen molar-refractivity contribution in [2.24, 2.45) is 0 Å². The highest BCUT2D eigenvalue weighted by atomic mass is 32.2. The lowest BCUT2D eigenvalue weighted by Gasteiger charge is -2.20. The van der Waals surface area contributed by atoms with Crippen LogP contribution in [0.15, 0.2) is 34.0 Å². The van der Waals surface area contributed by atoms with Gasteiger partial charge in [0.15, 0.2) is 16.9 Å². The number of hydrogen-bond acceptors (Lipinski definition) is 9. The van der Waals surface area contributed by atoms with Crippen molar-refractivity contribution < 1.29 is 33.3 Å². The van der Waals surface area contributed by atoms with Gasteiger partial charge in [0, 0.05) is 5.56 Å². The number of unbranched alkanes of at least 4 members (excludes halogenated alkanes) is 2. The topological polar surface area (TPSA) is 109 Å². The number of aryl methyl sites for hydroxylation is 1. The van der Waals surface area contributed by atoms with E-state index in [2.05, 4.69) is 5.32 Å². The molecule has 0 saturated heterocycles. The van der Waals surface area contributed by atoms with Crippen LogP contribution in [0.2, 0.25) is 0 Å². The molecular weight excluding hydrogens is 522 g/mol. The van der Waals surface area contributed by atoms with Gasteiger partial charge in [-0.25, -0.2) is 9.59 Å². The van der Waals surface area contributed by atoms with E-state index in [1.807, 2.05) is 26.2 Å². The van der Waals surface area contributed by atoms with Crippen molar-refractivity contribution in [1.82, 2.24) is 5.32 Å². The van der Waals surface area contributed by atoms with Gasteiger partial charge < -0.3 is 29.0 Å². The van der Waals surface area contributed by atoms with E-state index >= 15 is 0 Å². The van der Waals surface area contributed by atoms with E-state index in [4.69, 9.17) is 23.7 Å². The predicted octanol–water partition coefficient (Wildman–Crippen LogP) is 6.28. The molecule has 10 heteroatoms. The van der Waals surface area contributed by atoms with Crippen molar-refractivity contribution in [3.05, 3.63) is 45.6 Å². The van der Waals surface area contributed by atoms with Crippen LogP contribution in [-0.2, 0) is 15.9 Å². The van der Waals surface area contributed by atoms with E-state index in [0.29, 0.717) is 46.8 Å². The van der Waals surface area contributed by atoms with E-state index in [1.165, 1.54) is 26.0 Å². The highest BCUT2D eigenvalue weighted by Crippen LogP contribution is 2.50. The number of ether oxygens (including phenoxy) is 5. The molecule has 0 radical (unpaired) electrons. The van der Waals surface area contributed by atoms with Crippen LogP contribution in [0.4, 0.5) is 9.59 Å². The third-order valence-electron chi connectivity index (χ3n) is 6.43. The zero-order chi connectivity index (χ0) is 28.4. The largest absolute Gasteiger partial charge is 0.513 e. The molecule has 1 aliphatic rings. The summed E-state index contributed by atoms with van der Waals surface area (Å²) >= 11 is 1.35. The molecule has 2 aromatic rings. The molecule has 1 aliphatic carbocycles. The van der Waals surface area contributed by atoms with Gasteiger partial charge >= 0.3 is 12.2 Å². The summed E-state index contributed by atoms with van der Waals surface area (Å²) in [5.41, 5.74) is 2.69. The van der Waals surface area contributed by atoms with Gasteiger partial charge in [-0.05, 0) is 66.8 Å². The van der Waals surface area contributed by atoms with Crippen molar-refractivity contribution in [3.63, 3.8) is 0 Å². The minimum Gasteiger partial charge on any atom is -0.492 e. The molecule has 212 valence electrons. The summed E-state index contributed by atoms with van der Waals surface area (Å²) in [4.78, 5) is 38.6. The number of rotatable bonds is 11. The van der Waals surface area contributed by atoms with E-state index in [9.17, 15) is 14.4 Å². The Balaban J connectivity index is 2.14. The second kappa shape index (κ2) is 14.7. The average Bonchev–Trinajstić information content (AvgIpc) is 3.16. The zero-order valence-corrected chi connectivity index (χ0v) is 24.0. The average molecular weight is 560 g/mol. The summed E-state index contributed by atoms with van der Waals surface area (Å²) in [5, 5.41) is 2.94. The first kappa shape index (κ1) is 30.1. The molecule has 3 rings (SSSR count). The third-order valence-corrected chi connectivity index (χ3v) is 7.21. The van der Waals surface area contributed by atoms with Crippen LogP contribution < -0.4 is 25.0 Å². The van der Waals surface area contributed by atoms with E-state index in [-0.39, 0.29) is 23.5 Å². The number of fused-ring (bicyclic) bond motifs is 3. The molecule has 0 aromatic heterocycles. The number of hydrogen-bond donors (Lipinski definition) is 1. The maximum atomic E-state index is 13.1. The smallest absolute Gasteiger partial charge is 0.492 e. The van der Waals surface area contributed by atoms with E-state index in [1.54, 1.807) is 18.2 Å². The van der Waals surface area contributed by atoms with Crippen molar-refractivity contribution in [3.8, 4) is 28.4 Å². The molecule has 0 bridgehead atoms. The zero-order valence-electron chi connectivity index (χ0n) is 23.2. The second-order valence-corrected chi connectivity index (χ2v) is 9.88. The molecule has 2 aromatic carbocycles. The molecule has 0 spiro atoms. The molecule has 1 atom stereocenters. The fourth-order valence-electron chi connectivity index (χ4n) is 4.45. The van der Waals surface area contributed by atoms with Gasteiger partial charge in [-0.1, -0.05) is 32.8 Å². The van der Waals surface area contributed by atoms with Crippen molar-refractivity contribution in [2.45, 2.75) is 63.3 Å². The Labute approximate surface area is 233 Å². The van der Waals surface area contributed by atoms with Crippen LogP contribution in [0, 0.1) is 0 Å². The number of nitrogens with one attached hydrogen (secondary N) is 1. The lowest BCUT2D eigenvalue weighted by molar-refractivity contribution is 0.0965. The normalized spacial score (nSPS) is 13.8. The SMILES string of the molecule is CCCCOC(=O)NC1CCc2cc(OC(=O)OCCCC)c(OC)c(OC)c2-c2ccc(SC)c(=O)cc21.